The Bertz CT molecular complexity index is 954. The Labute approximate surface area is 292 Å². The molecule has 5 rings (SSSR count). The zero-order valence-electron chi connectivity index (χ0n) is 32.8. The Morgan fingerprint density at radius 2 is 1.21 bits per heavy atom. The Kier molecular flexibility index (Phi) is 17.7. The molecule has 0 aromatic heterocycles. The predicted molar refractivity (Wildman–Crippen MR) is 204 cm³/mol. The zero-order valence-corrected chi connectivity index (χ0v) is 32.8. The topological polar surface area (TPSA) is 22.7 Å². The molecule has 7 heteroatoms. The van der Waals surface area contributed by atoms with Gasteiger partial charge in [-0.3, -0.25) is 4.90 Å². The van der Waals surface area contributed by atoms with Crippen LogP contribution in [0.3, 0.4) is 0 Å². The summed E-state index contributed by atoms with van der Waals surface area (Å²) in [5.74, 6) is 0. The van der Waals surface area contributed by atoms with Gasteiger partial charge in [-0.1, -0.05) is 44.5 Å². The van der Waals surface area contributed by atoms with Gasteiger partial charge in [-0.25, -0.2) is 20.0 Å². The van der Waals surface area contributed by atoms with Crippen LogP contribution < -0.4 is 0 Å². The van der Waals surface area contributed by atoms with Crippen molar-refractivity contribution < 1.29 is 0 Å². The third-order valence-corrected chi connectivity index (χ3v) is 10.7. The van der Waals surface area contributed by atoms with E-state index in [0.717, 1.165) is 19.1 Å². The summed E-state index contributed by atoms with van der Waals surface area (Å²) in [7, 11) is 2.21. The lowest BCUT2D eigenvalue weighted by Gasteiger charge is -2.44. The summed E-state index contributed by atoms with van der Waals surface area (Å²) in [5.41, 5.74) is 3.40. The first kappa shape index (κ1) is 40.4. The fourth-order valence-electron chi connectivity index (χ4n) is 7.85. The van der Waals surface area contributed by atoms with E-state index in [9.17, 15) is 0 Å². The maximum absolute atomic E-state index is 2.75. The number of hydrogen-bond acceptors (Lipinski definition) is 7. The first-order valence-electron chi connectivity index (χ1n) is 19.7. The van der Waals surface area contributed by atoms with Gasteiger partial charge in [-0.05, 0) is 125 Å². The molecule has 0 amide bonds. The van der Waals surface area contributed by atoms with E-state index in [1.807, 2.05) is 0 Å². The highest BCUT2D eigenvalue weighted by Crippen LogP contribution is 2.25. The van der Waals surface area contributed by atoms with Gasteiger partial charge in [-0.15, -0.1) is 0 Å². The monoisotopic (exact) mass is 656 g/mol. The van der Waals surface area contributed by atoms with E-state index in [1.165, 1.54) is 128 Å². The van der Waals surface area contributed by atoms with Crippen LogP contribution in [0.2, 0.25) is 0 Å². The van der Waals surface area contributed by atoms with Gasteiger partial charge in [0.15, 0.2) is 0 Å². The second-order valence-electron chi connectivity index (χ2n) is 16.2. The number of benzene rings is 1. The molecule has 4 aliphatic heterocycles. The van der Waals surface area contributed by atoms with Crippen LogP contribution in [0.4, 0.5) is 0 Å². The van der Waals surface area contributed by atoms with Gasteiger partial charge in [0.05, 0.1) is 0 Å². The number of likely N-dealkylation sites (N-methyl/N-ethyl adjacent to an activating group) is 1. The van der Waals surface area contributed by atoms with Gasteiger partial charge in [0.25, 0.3) is 0 Å². The third kappa shape index (κ3) is 13.3. The second kappa shape index (κ2) is 20.6. The average molecular weight is 656 g/mol. The quantitative estimate of drug-likeness (QED) is 0.280. The van der Waals surface area contributed by atoms with Crippen LogP contribution in [0.25, 0.3) is 0 Å². The third-order valence-electron chi connectivity index (χ3n) is 10.7. The van der Waals surface area contributed by atoms with E-state index in [-0.39, 0.29) is 0 Å². The summed E-state index contributed by atoms with van der Waals surface area (Å²) >= 11 is 0. The van der Waals surface area contributed by atoms with Gasteiger partial charge in [-0.2, -0.15) is 0 Å². The molecule has 3 fully saturated rings. The van der Waals surface area contributed by atoms with Crippen molar-refractivity contribution in [3.8, 4) is 0 Å². The van der Waals surface area contributed by atoms with Crippen LogP contribution in [0.1, 0.15) is 118 Å². The highest BCUT2D eigenvalue weighted by atomic mass is 15.6. The standard InChI is InChI=1S/C15H24N2.C14H28N2.C11H25N3/c1-4-10-17(13(2)3)16-11-9-14-7-5-6-8-15(14)12-16;1-14(2,3)16-11-7-13(8-12-16)15-9-5-4-6-10-15;1-5-6-14(11(2)3)13-9-7-12(4)8-10-13/h5-8,13H,4,9-12H2,1-3H3;13H,4-12H2,1-3H3;11H,5-10H2,1-4H3. The molecular weight excluding hydrogens is 578 g/mol. The molecular formula is C40H77N7. The molecule has 0 radical (unpaired) electrons. The summed E-state index contributed by atoms with van der Waals surface area (Å²) in [5, 5.41) is 10.1. The molecule has 272 valence electrons. The van der Waals surface area contributed by atoms with Crippen LogP contribution in [0.15, 0.2) is 24.3 Å². The molecule has 0 bridgehead atoms. The summed E-state index contributed by atoms with van der Waals surface area (Å²) in [4.78, 5) is 7.80. The minimum atomic E-state index is 0.368. The number of fused-ring (bicyclic) bond motifs is 1. The van der Waals surface area contributed by atoms with Gasteiger partial charge >= 0.3 is 0 Å². The maximum atomic E-state index is 2.75. The minimum absolute atomic E-state index is 0.368. The number of hydrogen-bond donors (Lipinski definition) is 0. The number of piperidine rings is 2. The van der Waals surface area contributed by atoms with Gasteiger partial charge in [0.2, 0.25) is 0 Å². The predicted octanol–water partition coefficient (Wildman–Crippen LogP) is 7.08. The molecule has 1 aromatic carbocycles. The summed E-state index contributed by atoms with van der Waals surface area (Å²) in [6, 6.07) is 11.0. The lowest BCUT2D eigenvalue weighted by atomic mass is 9.96. The van der Waals surface area contributed by atoms with Crippen molar-refractivity contribution in [1.29, 1.82) is 0 Å². The van der Waals surface area contributed by atoms with Crippen LogP contribution in [0.5, 0.6) is 0 Å². The first-order valence-corrected chi connectivity index (χ1v) is 19.7. The largest absolute Gasteiger partial charge is 0.304 e. The lowest BCUT2D eigenvalue weighted by molar-refractivity contribution is -0.0747. The Hall–Kier alpha value is -1.06. The number of piperazine rings is 1. The smallest absolute Gasteiger partial charge is 0.0387 e. The van der Waals surface area contributed by atoms with Crippen molar-refractivity contribution in [3.63, 3.8) is 0 Å². The molecule has 7 nitrogen and oxygen atoms in total. The first-order chi connectivity index (χ1) is 22.4. The van der Waals surface area contributed by atoms with Gasteiger partial charge < -0.3 is 9.80 Å². The molecule has 0 atom stereocenters. The lowest BCUT2D eigenvalue weighted by Crippen LogP contribution is -2.55. The molecule has 0 unspecified atom stereocenters. The average Bonchev–Trinajstić information content (AvgIpc) is 3.07. The van der Waals surface area contributed by atoms with Crippen molar-refractivity contribution >= 4 is 0 Å². The molecule has 3 saturated heterocycles. The van der Waals surface area contributed by atoms with E-state index in [1.54, 1.807) is 0 Å². The molecule has 0 N–H and O–H groups in total. The summed E-state index contributed by atoms with van der Waals surface area (Å²) in [6.45, 7) is 35.4. The maximum Gasteiger partial charge on any atom is 0.0387 e. The van der Waals surface area contributed by atoms with Crippen molar-refractivity contribution in [1.82, 2.24) is 34.7 Å². The van der Waals surface area contributed by atoms with E-state index in [4.69, 9.17) is 0 Å². The molecule has 47 heavy (non-hydrogen) atoms. The Balaban J connectivity index is 0.000000193. The molecule has 4 heterocycles. The van der Waals surface area contributed by atoms with Crippen molar-refractivity contribution in [2.45, 2.75) is 144 Å². The molecule has 4 aliphatic rings. The van der Waals surface area contributed by atoms with E-state index in [2.05, 4.69) is 128 Å². The van der Waals surface area contributed by atoms with Crippen LogP contribution in [0, 0.1) is 0 Å². The Morgan fingerprint density at radius 3 is 1.72 bits per heavy atom. The van der Waals surface area contributed by atoms with Crippen molar-refractivity contribution in [2.75, 3.05) is 79.0 Å². The minimum Gasteiger partial charge on any atom is -0.304 e. The Morgan fingerprint density at radius 1 is 0.681 bits per heavy atom. The molecule has 0 aliphatic carbocycles. The SMILES string of the molecule is CC(C)(C)N1CCC(N2CCCCC2)CC1.CCCN(C(C)C)N1CCN(C)CC1.CCCN(C(C)C)N1CCc2ccccc2C1. The number of likely N-dealkylation sites (tertiary alicyclic amines) is 2. The van der Waals surface area contributed by atoms with Gasteiger partial charge in [0, 0.05) is 89.1 Å². The highest BCUT2D eigenvalue weighted by molar-refractivity contribution is 5.28. The van der Waals surface area contributed by atoms with Crippen LogP contribution >= 0.6 is 0 Å². The van der Waals surface area contributed by atoms with Crippen molar-refractivity contribution in [2.24, 2.45) is 0 Å². The summed E-state index contributed by atoms with van der Waals surface area (Å²) in [6.07, 6.45) is 10.7. The molecule has 1 aromatic rings. The summed E-state index contributed by atoms with van der Waals surface area (Å²) < 4.78 is 0. The fraction of sp³-hybridized carbons (Fsp3) is 0.850. The van der Waals surface area contributed by atoms with Crippen molar-refractivity contribution in [3.05, 3.63) is 35.4 Å². The molecule has 0 spiro atoms. The highest BCUT2D eigenvalue weighted by Gasteiger charge is 2.30. The van der Waals surface area contributed by atoms with Gasteiger partial charge in [0.1, 0.15) is 0 Å². The zero-order chi connectivity index (χ0) is 34.4. The van der Waals surface area contributed by atoms with Crippen LogP contribution in [-0.2, 0) is 13.0 Å². The number of rotatable bonds is 9. The number of hydrazine groups is 2. The van der Waals surface area contributed by atoms with Crippen LogP contribution in [-0.4, -0.2) is 137 Å². The second-order valence-corrected chi connectivity index (χ2v) is 16.2. The number of nitrogens with zero attached hydrogens (tertiary/aromatic N) is 7. The van der Waals surface area contributed by atoms with E-state index < -0.39 is 0 Å². The van der Waals surface area contributed by atoms with E-state index >= 15 is 0 Å². The normalized spacial score (nSPS) is 21.5. The fourth-order valence-corrected chi connectivity index (χ4v) is 7.85. The molecule has 0 saturated carbocycles. The van der Waals surface area contributed by atoms with E-state index in [0.29, 0.717) is 17.6 Å².